The summed E-state index contributed by atoms with van der Waals surface area (Å²) in [5.41, 5.74) is 1.12. The summed E-state index contributed by atoms with van der Waals surface area (Å²) in [6.07, 6.45) is 0.672. The van der Waals surface area contributed by atoms with E-state index in [4.69, 9.17) is 4.74 Å². The first-order valence-corrected chi connectivity index (χ1v) is 8.53. The van der Waals surface area contributed by atoms with Crippen LogP contribution in [0.3, 0.4) is 0 Å². The van der Waals surface area contributed by atoms with Gasteiger partial charge in [0.25, 0.3) is 0 Å². The zero-order valence-corrected chi connectivity index (χ0v) is 14.3. The van der Waals surface area contributed by atoms with E-state index in [1.165, 1.54) is 0 Å². The summed E-state index contributed by atoms with van der Waals surface area (Å²) >= 11 is 0. The molecule has 1 aromatic rings. The van der Waals surface area contributed by atoms with Gasteiger partial charge in [0.15, 0.2) is 0 Å². The molecule has 24 heavy (non-hydrogen) atoms. The van der Waals surface area contributed by atoms with Gasteiger partial charge in [0.1, 0.15) is 0 Å². The van der Waals surface area contributed by atoms with Gasteiger partial charge in [0.2, 0.25) is 11.8 Å². The normalized spacial score (nSPS) is 16.4. The summed E-state index contributed by atoms with van der Waals surface area (Å²) in [6, 6.07) is 9.88. The first-order valence-electron chi connectivity index (χ1n) is 8.53. The van der Waals surface area contributed by atoms with Crippen LogP contribution in [0.5, 0.6) is 0 Å². The highest BCUT2D eigenvalue weighted by molar-refractivity contribution is 5.85. The molecule has 1 atom stereocenters. The summed E-state index contributed by atoms with van der Waals surface area (Å²) in [7, 11) is 0. The van der Waals surface area contributed by atoms with Gasteiger partial charge >= 0.3 is 0 Å². The average molecular weight is 333 g/mol. The SMILES string of the molecule is CC(Cc1ccccc1)C(=O)NCC(=O)NCCN1CCOCC1. The monoisotopic (exact) mass is 333 g/mol. The molecule has 0 aromatic heterocycles. The summed E-state index contributed by atoms with van der Waals surface area (Å²) in [6.45, 7) is 6.63. The molecule has 2 N–H and O–H groups in total. The fourth-order valence-electron chi connectivity index (χ4n) is 2.64. The molecule has 1 fully saturated rings. The van der Waals surface area contributed by atoms with Crippen molar-refractivity contribution >= 4 is 11.8 Å². The lowest BCUT2D eigenvalue weighted by Gasteiger charge is -2.26. The number of carbonyl (C=O) groups excluding carboxylic acids is 2. The van der Waals surface area contributed by atoms with Crippen molar-refractivity contribution in [3.63, 3.8) is 0 Å². The van der Waals surface area contributed by atoms with E-state index >= 15 is 0 Å². The van der Waals surface area contributed by atoms with E-state index in [2.05, 4.69) is 15.5 Å². The van der Waals surface area contributed by atoms with Gasteiger partial charge in [-0.15, -0.1) is 0 Å². The van der Waals surface area contributed by atoms with Crippen LogP contribution in [0.4, 0.5) is 0 Å². The highest BCUT2D eigenvalue weighted by Gasteiger charge is 2.15. The molecule has 1 aliphatic heterocycles. The summed E-state index contributed by atoms with van der Waals surface area (Å²) in [4.78, 5) is 26.1. The number of amides is 2. The zero-order chi connectivity index (χ0) is 17.2. The quantitative estimate of drug-likeness (QED) is 0.724. The Bertz CT molecular complexity index is 516. The number of carbonyl (C=O) groups is 2. The zero-order valence-electron chi connectivity index (χ0n) is 14.3. The Morgan fingerprint density at radius 1 is 1.17 bits per heavy atom. The third kappa shape index (κ3) is 6.68. The Morgan fingerprint density at radius 2 is 1.88 bits per heavy atom. The van der Waals surface area contributed by atoms with Crippen molar-refractivity contribution in [2.45, 2.75) is 13.3 Å². The maximum Gasteiger partial charge on any atom is 0.239 e. The Labute approximate surface area is 143 Å². The van der Waals surface area contributed by atoms with E-state index in [0.717, 1.165) is 38.4 Å². The Balaban J connectivity index is 1.59. The average Bonchev–Trinajstić information content (AvgIpc) is 2.61. The van der Waals surface area contributed by atoms with Gasteiger partial charge in [-0.2, -0.15) is 0 Å². The number of hydrogen-bond donors (Lipinski definition) is 2. The summed E-state index contributed by atoms with van der Waals surface area (Å²) in [5, 5.41) is 5.54. The molecule has 0 aliphatic carbocycles. The Hall–Kier alpha value is -1.92. The number of ether oxygens (including phenoxy) is 1. The van der Waals surface area contributed by atoms with Crippen LogP contribution in [0.1, 0.15) is 12.5 Å². The largest absolute Gasteiger partial charge is 0.379 e. The van der Waals surface area contributed by atoms with Crippen molar-refractivity contribution in [3.8, 4) is 0 Å². The van der Waals surface area contributed by atoms with Crippen molar-refractivity contribution in [3.05, 3.63) is 35.9 Å². The number of hydrogen-bond acceptors (Lipinski definition) is 4. The third-order valence-electron chi connectivity index (χ3n) is 4.11. The van der Waals surface area contributed by atoms with Gasteiger partial charge in [-0.3, -0.25) is 14.5 Å². The van der Waals surface area contributed by atoms with Gasteiger partial charge in [0, 0.05) is 32.1 Å². The van der Waals surface area contributed by atoms with Gasteiger partial charge in [-0.25, -0.2) is 0 Å². The van der Waals surface area contributed by atoms with Gasteiger partial charge in [0.05, 0.1) is 19.8 Å². The van der Waals surface area contributed by atoms with Crippen molar-refractivity contribution in [1.29, 1.82) is 0 Å². The van der Waals surface area contributed by atoms with Crippen molar-refractivity contribution in [2.75, 3.05) is 45.9 Å². The number of nitrogens with one attached hydrogen (secondary N) is 2. The Morgan fingerprint density at radius 3 is 2.58 bits per heavy atom. The topological polar surface area (TPSA) is 70.7 Å². The molecule has 132 valence electrons. The number of morpholine rings is 1. The minimum Gasteiger partial charge on any atom is -0.379 e. The smallest absolute Gasteiger partial charge is 0.239 e. The fraction of sp³-hybridized carbons (Fsp3) is 0.556. The second kappa shape index (κ2) is 10.1. The van der Waals surface area contributed by atoms with Crippen LogP contribution in [0.25, 0.3) is 0 Å². The molecule has 1 saturated heterocycles. The van der Waals surface area contributed by atoms with E-state index < -0.39 is 0 Å². The maximum atomic E-state index is 12.1. The van der Waals surface area contributed by atoms with Crippen LogP contribution in [0.2, 0.25) is 0 Å². The fourth-order valence-corrected chi connectivity index (χ4v) is 2.64. The standard InChI is InChI=1S/C18H27N3O3/c1-15(13-16-5-3-2-4-6-16)18(23)20-14-17(22)19-7-8-21-9-11-24-12-10-21/h2-6,15H,7-14H2,1H3,(H,19,22)(H,20,23). The Kier molecular flexibility index (Phi) is 7.71. The minimum atomic E-state index is -0.159. The molecular weight excluding hydrogens is 306 g/mol. The molecule has 0 radical (unpaired) electrons. The van der Waals surface area contributed by atoms with E-state index in [-0.39, 0.29) is 24.3 Å². The first-order chi connectivity index (χ1) is 11.6. The summed E-state index contributed by atoms with van der Waals surface area (Å²) in [5.74, 6) is -0.403. The molecule has 1 aliphatic rings. The molecule has 0 saturated carbocycles. The van der Waals surface area contributed by atoms with Crippen LogP contribution in [0.15, 0.2) is 30.3 Å². The van der Waals surface area contributed by atoms with Crippen LogP contribution in [-0.4, -0.2) is 62.7 Å². The molecule has 2 amide bonds. The second-order valence-electron chi connectivity index (χ2n) is 6.11. The van der Waals surface area contributed by atoms with Crippen LogP contribution in [0, 0.1) is 5.92 Å². The van der Waals surface area contributed by atoms with Crippen LogP contribution < -0.4 is 10.6 Å². The molecule has 1 heterocycles. The third-order valence-corrected chi connectivity index (χ3v) is 4.11. The number of rotatable bonds is 8. The molecule has 1 unspecified atom stereocenters. The van der Waals surface area contributed by atoms with Crippen LogP contribution >= 0.6 is 0 Å². The molecule has 2 rings (SSSR count). The predicted octanol–water partition coefficient (Wildman–Crippen LogP) is 0.430. The summed E-state index contributed by atoms with van der Waals surface area (Å²) < 4.78 is 5.28. The molecule has 0 bridgehead atoms. The highest BCUT2D eigenvalue weighted by atomic mass is 16.5. The van der Waals surface area contributed by atoms with Crippen molar-refractivity contribution in [2.24, 2.45) is 5.92 Å². The molecule has 6 nitrogen and oxygen atoms in total. The highest BCUT2D eigenvalue weighted by Crippen LogP contribution is 2.07. The lowest BCUT2D eigenvalue weighted by molar-refractivity contribution is -0.128. The lowest BCUT2D eigenvalue weighted by atomic mass is 10.0. The second-order valence-corrected chi connectivity index (χ2v) is 6.11. The van der Waals surface area contributed by atoms with E-state index in [1.54, 1.807) is 0 Å². The van der Waals surface area contributed by atoms with E-state index in [9.17, 15) is 9.59 Å². The van der Waals surface area contributed by atoms with Crippen molar-refractivity contribution < 1.29 is 14.3 Å². The molecule has 1 aromatic carbocycles. The minimum absolute atomic E-state index is 0.0288. The van der Waals surface area contributed by atoms with Crippen LogP contribution in [-0.2, 0) is 20.7 Å². The van der Waals surface area contributed by atoms with Gasteiger partial charge < -0.3 is 15.4 Å². The number of nitrogens with zero attached hydrogens (tertiary/aromatic N) is 1. The van der Waals surface area contributed by atoms with E-state index in [1.807, 2.05) is 37.3 Å². The molecule has 0 spiro atoms. The van der Waals surface area contributed by atoms with E-state index in [0.29, 0.717) is 13.0 Å². The first kappa shape index (κ1) is 18.4. The molecule has 6 heteroatoms. The van der Waals surface area contributed by atoms with Gasteiger partial charge in [-0.1, -0.05) is 37.3 Å². The lowest BCUT2D eigenvalue weighted by Crippen LogP contribution is -2.44. The van der Waals surface area contributed by atoms with Crippen molar-refractivity contribution in [1.82, 2.24) is 15.5 Å². The van der Waals surface area contributed by atoms with Gasteiger partial charge in [-0.05, 0) is 12.0 Å². The molecular formula is C18H27N3O3. The number of benzene rings is 1. The predicted molar refractivity (Wildman–Crippen MR) is 92.6 cm³/mol. The maximum absolute atomic E-state index is 12.1.